The molecule has 25 heavy (non-hydrogen) atoms. The molecule has 0 bridgehead atoms. The van der Waals surface area contributed by atoms with Gasteiger partial charge in [-0.1, -0.05) is 97.6 Å². The number of Topliss-reactive ketones (excluding diaryl/α,β-unsaturated/α-hetero) is 2. The molecule has 0 aromatic rings. The molecule has 0 amide bonds. The van der Waals surface area contributed by atoms with Crippen LogP contribution < -0.4 is 0 Å². The smallest absolute Gasteiger partial charge is 0.159 e. The van der Waals surface area contributed by atoms with Gasteiger partial charge in [0.25, 0.3) is 0 Å². The second-order valence-electron chi connectivity index (χ2n) is 6.20. The topological polar surface area (TPSA) is 34.1 Å². The molecule has 0 N–H and O–H groups in total. The molecule has 0 aliphatic carbocycles. The Bertz CT molecular complexity index is 412. The summed E-state index contributed by atoms with van der Waals surface area (Å²) >= 11 is 6.36. The summed E-state index contributed by atoms with van der Waals surface area (Å²) in [7, 11) is 0. The number of rotatable bonds is 13. The monoisotopic (exact) mass is 478 g/mol. The summed E-state index contributed by atoms with van der Waals surface area (Å²) < 4.78 is 0. The van der Waals surface area contributed by atoms with E-state index in [1.54, 1.807) is 16.9 Å². The van der Waals surface area contributed by atoms with Crippen LogP contribution in [0.15, 0.2) is 21.1 Å². The Hall–Kier alpha value is -0.220. The third kappa shape index (κ3) is 17.0. The maximum absolute atomic E-state index is 11.5. The Morgan fingerprint density at radius 2 is 1.20 bits per heavy atom. The summed E-state index contributed by atoms with van der Waals surface area (Å²) in [5.74, 6) is 0.478. The van der Waals surface area contributed by atoms with Crippen molar-refractivity contribution in [3.63, 3.8) is 0 Å². The van der Waals surface area contributed by atoms with Gasteiger partial charge >= 0.3 is 0 Å². The molecule has 0 radical (unpaired) electrons. The van der Waals surface area contributed by atoms with Crippen molar-refractivity contribution < 1.29 is 9.59 Å². The summed E-state index contributed by atoms with van der Waals surface area (Å²) in [6.45, 7) is 7.81. The van der Waals surface area contributed by atoms with E-state index in [1.807, 2.05) is 13.8 Å². The van der Waals surface area contributed by atoms with Crippen molar-refractivity contribution in [2.75, 3.05) is 0 Å². The third-order valence-electron chi connectivity index (χ3n) is 4.04. The van der Waals surface area contributed by atoms with Crippen molar-refractivity contribution in [1.29, 1.82) is 0 Å². The first-order valence-electron chi connectivity index (χ1n) is 9.60. The van der Waals surface area contributed by atoms with Crippen molar-refractivity contribution in [3.8, 4) is 0 Å². The van der Waals surface area contributed by atoms with Crippen LogP contribution in [0.3, 0.4) is 0 Å². The minimum Gasteiger partial charge on any atom is -0.295 e. The van der Waals surface area contributed by atoms with Crippen LogP contribution in [0.1, 0.15) is 98.3 Å². The van der Waals surface area contributed by atoms with Crippen LogP contribution in [-0.4, -0.2) is 11.6 Å². The normalized spacial score (nSPS) is 11.8. The maximum Gasteiger partial charge on any atom is 0.159 e. The molecule has 0 aromatic carbocycles. The van der Waals surface area contributed by atoms with Gasteiger partial charge in [-0.25, -0.2) is 0 Å². The van der Waals surface area contributed by atoms with Crippen molar-refractivity contribution in [2.45, 2.75) is 98.3 Å². The van der Waals surface area contributed by atoms with Gasteiger partial charge in [-0.05, 0) is 35.3 Å². The number of allylic oxidation sites excluding steroid dienone is 2. The molecule has 0 saturated carbocycles. The molecule has 0 saturated heterocycles. The van der Waals surface area contributed by atoms with Gasteiger partial charge in [0.15, 0.2) is 11.6 Å². The Balaban J connectivity index is 0. The second kappa shape index (κ2) is 20.1. The Morgan fingerprint density at radius 1 is 0.720 bits per heavy atom. The van der Waals surface area contributed by atoms with Crippen molar-refractivity contribution >= 4 is 43.4 Å². The van der Waals surface area contributed by atoms with Crippen LogP contribution in [0.25, 0.3) is 0 Å². The number of ketones is 2. The van der Waals surface area contributed by atoms with E-state index >= 15 is 0 Å². The number of hydrogen-bond acceptors (Lipinski definition) is 2. The molecule has 0 aromatic heterocycles. The molecule has 0 aliphatic heterocycles. The van der Waals surface area contributed by atoms with Crippen LogP contribution in [0.2, 0.25) is 0 Å². The largest absolute Gasteiger partial charge is 0.295 e. The van der Waals surface area contributed by atoms with E-state index < -0.39 is 0 Å². The highest BCUT2D eigenvalue weighted by Crippen LogP contribution is 2.15. The fraction of sp³-hybridized carbons (Fsp3) is 0.714. The van der Waals surface area contributed by atoms with Gasteiger partial charge in [-0.15, -0.1) is 0 Å². The summed E-state index contributed by atoms with van der Waals surface area (Å²) in [6, 6.07) is 0. The molecule has 0 unspecified atom stereocenters. The van der Waals surface area contributed by atoms with Gasteiger partial charge in [0.1, 0.15) is 0 Å². The fourth-order valence-electron chi connectivity index (χ4n) is 2.27. The molecule has 0 atom stereocenters. The average molecular weight is 480 g/mol. The minimum atomic E-state index is 0.196. The van der Waals surface area contributed by atoms with Crippen molar-refractivity contribution in [2.24, 2.45) is 0 Å². The van der Waals surface area contributed by atoms with Crippen molar-refractivity contribution in [1.82, 2.24) is 0 Å². The predicted octanol–water partition coefficient (Wildman–Crippen LogP) is 8.04. The standard InChI is InChI=1S/C15H27BrO.C6H9BrO/c1-3-5-6-7-8-9-10-11-12-14(13-16)15(17)4-2;1-3-6(8)5(2)4-7/h13H,3-12H2,1-2H3;4H,3H2,1-2H3/b14-13+;5-4+. The summed E-state index contributed by atoms with van der Waals surface area (Å²) in [5.41, 5.74) is 1.74. The first kappa shape index (κ1) is 27.0. The molecule has 0 heterocycles. The van der Waals surface area contributed by atoms with E-state index in [4.69, 9.17) is 0 Å². The summed E-state index contributed by atoms with van der Waals surface area (Å²) in [6.07, 6.45) is 12.7. The minimum absolute atomic E-state index is 0.196. The first-order chi connectivity index (χ1) is 12.0. The lowest BCUT2D eigenvalue weighted by Crippen LogP contribution is -1.99. The number of hydrogen-bond donors (Lipinski definition) is 0. The highest BCUT2D eigenvalue weighted by atomic mass is 79.9. The lowest BCUT2D eigenvalue weighted by atomic mass is 10.0. The molecule has 0 aliphatic rings. The zero-order valence-electron chi connectivity index (χ0n) is 16.5. The van der Waals surface area contributed by atoms with E-state index in [-0.39, 0.29) is 11.6 Å². The van der Waals surface area contributed by atoms with Crippen molar-refractivity contribution in [3.05, 3.63) is 21.1 Å². The van der Waals surface area contributed by atoms with E-state index in [1.165, 1.54) is 44.9 Å². The quantitative estimate of drug-likeness (QED) is 0.198. The Morgan fingerprint density at radius 3 is 1.56 bits per heavy atom. The van der Waals surface area contributed by atoms with Crippen LogP contribution >= 0.6 is 31.9 Å². The number of carbonyl (C=O) groups is 2. The van der Waals surface area contributed by atoms with Crippen LogP contribution in [0.5, 0.6) is 0 Å². The van der Waals surface area contributed by atoms with Gasteiger partial charge in [-0.2, -0.15) is 0 Å². The Labute approximate surface area is 172 Å². The average Bonchev–Trinajstić information content (AvgIpc) is 2.65. The zero-order valence-corrected chi connectivity index (χ0v) is 19.7. The molecular formula is C21H36Br2O2. The third-order valence-corrected chi connectivity index (χ3v) is 5.27. The lowest BCUT2D eigenvalue weighted by Gasteiger charge is -2.04. The van der Waals surface area contributed by atoms with E-state index in [0.29, 0.717) is 12.8 Å². The second-order valence-corrected chi connectivity index (χ2v) is 7.12. The molecule has 4 heteroatoms. The maximum atomic E-state index is 11.5. The van der Waals surface area contributed by atoms with Crippen LogP contribution in [-0.2, 0) is 9.59 Å². The summed E-state index contributed by atoms with van der Waals surface area (Å²) in [5, 5.41) is 0. The highest BCUT2D eigenvalue weighted by Gasteiger charge is 2.05. The highest BCUT2D eigenvalue weighted by molar-refractivity contribution is 9.11. The first-order valence-corrected chi connectivity index (χ1v) is 11.4. The predicted molar refractivity (Wildman–Crippen MR) is 118 cm³/mol. The SMILES string of the molecule is CCC(=O)/C(C)=C/Br.CCCCCCCCCC/C(=C\Br)C(=O)CC. The summed E-state index contributed by atoms with van der Waals surface area (Å²) in [4.78, 5) is 25.6. The van der Waals surface area contributed by atoms with Crippen LogP contribution in [0, 0.1) is 0 Å². The van der Waals surface area contributed by atoms with E-state index in [9.17, 15) is 9.59 Å². The molecule has 146 valence electrons. The van der Waals surface area contributed by atoms with E-state index in [0.717, 1.165) is 24.0 Å². The van der Waals surface area contributed by atoms with Gasteiger partial charge in [0.05, 0.1) is 0 Å². The number of unbranched alkanes of at least 4 members (excludes halogenated alkanes) is 7. The lowest BCUT2D eigenvalue weighted by molar-refractivity contribution is -0.116. The molecular weight excluding hydrogens is 444 g/mol. The zero-order chi connectivity index (χ0) is 19.5. The number of halogens is 2. The van der Waals surface area contributed by atoms with Gasteiger partial charge in [0.2, 0.25) is 0 Å². The molecule has 0 fully saturated rings. The Kier molecular flexibility index (Phi) is 21.7. The van der Waals surface area contributed by atoms with Gasteiger partial charge < -0.3 is 0 Å². The molecule has 0 spiro atoms. The molecule has 2 nitrogen and oxygen atoms in total. The fourth-order valence-corrected chi connectivity index (χ4v) is 3.01. The molecule has 0 rings (SSSR count). The number of carbonyl (C=O) groups excluding carboxylic acids is 2. The van der Waals surface area contributed by atoms with Gasteiger partial charge in [-0.3, -0.25) is 9.59 Å². The van der Waals surface area contributed by atoms with Gasteiger partial charge in [0, 0.05) is 18.4 Å². The van der Waals surface area contributed by atoms with E-state index in [2.05, 4.69) is 38.8 Å². The van der Waals surface area contributed by atoms with Crippen LogP contribution in [0.4, 0.5) is 0 Å².